The van der Waals surface area contributed by atoms with E-state index in [0.717, 1.165) is 25.2 Å². The normalized spacial score (nSPS) is 27.6. The van der Waals surface area contributed by atoms with Crippen molar-refractivity contribution in [2.24, 2.45) is 0 Å². The van der Waals surface area contributed by atoms with Crippen LogP contribution in [0.25, 0.3) is 0 Å². The highest BCUT2D eigenvalue weighted by atomic mass is 16.5. The molecule has 0 aromatic carbocycles. The molecular weight excluding hydrogens is 242 g/mol. The average Bonchev–Trinajstić information content (AvgIpc) is 3.18. The van der Waals surface area contributed by atoms with Gasteiger partial charge in [0, 0.05) is 12.0 Å². The van der Waals surface area contributed by atoms with Crippen LogP contribution >= 0.6 is 0 Å². The maximum absolute atomic E-state index is 5.88. The highest BCUT2D eigenvalue weighted by Crippen LogP contribution is 2.38. The van der Waals surface area contributed by atoms with Gasteiger partial charge in [-0.1, -0.05) is 12.1 Å². The first kappa shape index (κ1) is 13.1. The molecule has 0 atom stereocenters. The third-order valence-electron chi connectivity index (χ3n) is 4.04. The summed E-state index contributed by atoms with van der Waals surface area (Å²) in [6, 6.07) is 0.676. The van der Waals surface area contributed by atoms with Crippen LogP contribution in [0.3, 0.4) is 0 Å². The van der Waals surface area contributed by atoms with Gasteiger partial charge in [-0.3, -0.25) is 0 Å². The SMILES string of the molecule is CCNC1CCC(OCc2nc(C3CC3)no2)CC1. The Kier molecular flexibility index (Phi) is 4.13. The lowest BCUT2D eigenvalue weighted by Gasteiger charge is -2.28. The number of hydrogen-bond acceptors (Lipinski definition) is 5. The van der Waals surface area contributed by atoms with Gasteiger partial charge >= 0.3 is 0 Å². The first-order valence-electron chi connectivity index (χ1n) is 7.52. The molecule has 0 radical (unpaired) electrons. The van der Waals surface area contributed by atoms with E-state index in [-0.39, 0.29) is 0 Å². The minimum Gasteiger partial charge on any atom is -0.368 e. The van der Waals surface area contributed by atoms with Crippen molar-refractivity contribution in [3.63, 3.8) is 0 Å². The Hall–Kier alpha value is -0.940. The number of ether oxygens (including phenoxy) is 1. The summed E-state index contributed by atoms with van der Waals surface area (Å²) in [7, 11) is 0. The van der Waals surface area contributed by atoms with Crippen molar-refractivity contribution < 1.29 is 9.26 Å². The van der Waals surface area contributed by atoms with Crippen molar-refractivity contribution in [2.45, 2.75) is 70.1 Å². The summed E-state index contributed by atoms with van der Waals surface area (Å²) in [5.41, 5.74) is 0. The van der Waals surface area contributed by atoms with Crippen LogP contribution < -0.4 is 5.32 Å². The minimum absolute atomic E-state index is 0.353. The fourth-order valence-electron chi connectivity index (χ4n) is 2.75. The minimum atomic E-state index is 0.353. The van der Waals surface area contributed by atoms with E-state index in [4.69, 9.17) is 9.26 Å². The van der Waals surface area contributed by atoms with Crippen LogP contribution in [0.1, 0.15) is 63.1 Å². The molecule has 106 valence electrons. The molecule has 1 aromatic rings. The molecule has 2 aliphatic carbocycles. The summed E-state index contributed by atoms with van der Waals surface area (Å²) in [6.45, 7) is 3.69. The monoisotopic (exact) mass is 265 g/mol. The number of nitrogens with one attached hydrogen (secondary N) is 1. The Morgan fingerprint density at radius 3 is 2.68 bits per heavy atom. The van der Waals surface area contributed by atoms with Crippen LogP contribution in [0.15, 0.2) is 4.52 Å². The smallest absolute Gasteiger partial charge is 0.252 e. The third-order valence-corrected chi connectivity index (χ3v) is 4.04. The van der Waals surface area contributed by atoms with E-state index < -0.39 is 0 Å². The summed E-state index contributed by atoms with van der Waals surface area (Å²) >= 11 is 0. The molecule has 5 heteroatoms. The van der Waals surface area contributed by atoms with Crippen LogP contribution in [0, 0.1) is 0 Å². The van der Waals surface area contributed by atoms with E-state index in [1.807, 2.05) is 0 Å². The summed E-state index contributed by atoms with van der Waals surface area (Å²) in [5, 5.41) is 7.51. The molecule has 2 aliphatic rings. The highest BCUT2D eigenvalue weighted by molar-refractivity contribution is 5.02. The topological polar surface area (TPSA) is 60.2 Å². The van der Waals surface area contributed by atoms with Gasteiger partial charge in [-0.2, -0.15) is 4.98 Å². The molecule has 2 fully saturated rings. The average molecular weight is 265 g/mol. The van der Waals surface area contributed by atoms with E-state index in [2.05, 4.69) is 22.4 Å². The quantitative estimate of drug-likeness (QED) is 0.855. The maximum atomic E-state index is 5.88. The molecule has 0 bridgehead atoms. The Bertz CT molecular complexity index is 395. The highest BCUT2D eigenvalue weighted by Gasteiger charge is 2.29. The molecule has 2 saturated carbocycles. The molecule has 1 heterocycles. The standard InChI is InChI=1S/C14H23N3O2/c1-2-15-11-5-7-12(8-6-11)18-9-13-16-14(17-19-13)10-3-4-10/h10-12,15H,2-9H2,1H3. The molecule has 1 aromatic heterocycles. The van der Waals surface area contributed by atoms with Gasteiger partial charge in [0.25, 0.3) is 5.89 Å². The van der Waals surface area contributed by atoms with Crippen LogP contribution in [-0.4, -0.2) is 28.8 Å². The van der Waals surface area contributed by atoms with Crippen LogP contribution in [0.4, 0.5) is 0 Å². The van der Waals surface area contributed by atoms with E-state index in [9.17, 15) is 0 Å². The molecule has 0 spiro atoms. The number of rotatable bonds is 6. The number of hydrogen-bond donors (Lipinski definition) is 1. The Morgan fingerprint density at radius 1 is 1.21 bits per heavy atom. The second kappa shape index (κ2) is 6.01. The maximum Gasteiger partial charge on any atom is 0.252 e. The predicted octanol–water partition coefficient (Wildman–Crippen LogP) is 2.38. The van der Waals surface area contributed by atoms with Crippen molar-refractivity contribution in [1.82, 2.24) is 15.5 Å². The van der Waals surface area contributed by atoms with Crippen molar-refractivity contribution >= 4 is 0 Å². The molecular formula is C14H23N3O2. The first-order valence-corrected chi connectivity index (χ1v) is 7.52. The van der Waals surface area contributed by atoms with E-state index in [1.54, 1.807) is 0 Å². The lowest BCUT2D eigenvalue weighted by Crippen LogP contribution is -2.35. The van der Waals surface area contributed by atoms with Gasteiger partial charge in [0.15, 0.2) is 5.82 Å². The number of nitrogens with zero attached hydrogens (tertiary/aromatic N) is 2. The van der Waals surface area contributed by atoms with Crippen molar-refractivity contribution in [2.75, 3.05) is 6.54 Å². The van der Waals surface area contributed by atoms with Crippen LogP contribution in [-0.2, 0) is 11.3 Å². The van der Waals surface area contributed by atoms with E-state index in [0.29, 0.717) is 30.6 Å². The molecule has 0 aliphatic heterocycles. The zero-order valence-corrected chi connectivity index (χ0v) is 11.6. The Labute approximate surface area is 114 Å². The molecule has 3 rings (SSSR count). The molecule has 0 amide bonds. The van der Waals surface area contributed by atoms with Crippen molar-refractivity contribution in [3.8, 4) is 0 Å². The van der Waals surface area contributed by atoms with E-state index >= 15 is 0 Å². The van der Waals surface area contributed by atoms with Gasteiger partial charge in [-0.25, -0.2) is 0 Å². The molecule has 0 saturated heterocycles. The van der Waals surface area contributed by atoms with Crippen LogP contribution in [0.2, 0.25) is 0 Å². The van der Waals surface area contributed by atoms with Gasteiger partial charge in [-0.05, 0) is 45.1 Å². The fraction of sp³-hybridized carbons (Fsp3) is 0.857. The summed E-state index contributed by atoms with van der Waals surface area (Å²) in [6.07, 6.45) is 7.42. The molecule has 0 unspecified atom stereocenters. The van der Waals surface area contributed by atoms with Crippen LogP contribution in [0.5, 0.6) is 0 Å². The summed E-state index contributed by atoms with van der Waals surface area (Å²) in [5.74, 6) is 2.05. The Morgan fingerprint density at radius 2 is 2.00 bits per heavy atom. The zero-order valence-electron chi connectivity index (χ0n) is 11.6. The summed E-state index contributed by atoms with van der Waals surface area (Å²) in [4.78, 5) is 4.39. The second-order valence-electron chi connectivity index (χ2n) is 5.66. The lowest BCUT2D eigenvalue weighted by atomic mass is 9.93. The molecule has 1 N–H and O–H groups in total. The second-order valence-corrected chi connectivity index (χ2v) is 5.66. The largest absolute Gasteiger partial charge is 0.368 e. The fourth-order valence-corrected chi connectivity index (χ4v) is 2.75. The molecule has 5 nitrogen and oxygen atoms in total. The van der Waals surface area contributed by atoms with Gasteiger partial charge < -0.3 is 14.6 Å². The van der Waals surface area contributed by atoms with Gasteiger partial charge in [0.05, 0.1) is 6.10 Å². The predicted molar refractivity (Wildman–Crippen MR) is 70.8 cm³/mol. The van der Waals surface area contributed by atoms with Crippen molar-refractivity contribution in [1.29, 1.82) is 0 Å². The molecule has 19 heavy (non-hydrogen) atoms. The number of aromatic nitrogens is 2. The Balaban J connectivity index is 1.40. The van der Waals surface area contributed by atoms with Crippen molar-refractivity contribution in [3.05, 3.63) is 11.7 Å². The van der Waals surface area contributed by atoms with Gasteiger partial charge in [0.2, 0.25) is 0 Å². The lowest BCUT2D eigenvalue weighted by molar-refractivity contribution is -0.000129. The van der Waals surface area contributed by atoms with E-state index in [1.165, 1.54) is 25.7 Å². The zero-order chi connectivity index (χ0) is 13.1. The summed E-state index contributed by atoms with van der Waals surface area (Å²) < 4.78 is 11.1. The van der Waals surface area contributed by atoms with Gasteiger partial charge in [0.1, 0.15) is 6.61 Å². The first-order chi connectivity index (χ1) is 9.35. The van der Waals surface area contributed by atoms with Gasteiger partial charge in [-0.15, -0.1) is 0 Å². The third kappa shape index (κ3) is 3.54.